The third kappa shape index (κ3) is 5.04. The van der Waals surface area contributed by atoms with Gasteiger partial charge in [-0.05, 0) is 52.3 Å². The molecule has 0 amide bonds. The van der Waals surface area contributed by atoms with Crippen molar-refractivity contribution >= 4 is 0 Å². The predicted octanol–water partition coefficient (Wildman–Crippen LogP) is 3.51. The lowest BCUT2D eigenvalue weighted by Gasteiger charge is -2.32. The summed E-state index contributed by atoms with van der Waals surface area (Å²) >= 11 is 0. The van der Waals surface area contributed by atoms with Crippen molar-refractivity contribution in [3.63, 3.8) is 0 Å². The third-order valence-electron chi connectivity index (χ3n) is 5.96. The van der Waals surface area contributed by atoms with Crippen LogP contribution in [0.5, 0.6) is 0 Å². The van der Waals surface area contributed by atoms with Crippen LogP contribution in [0.1, 0.15) is 50.6 Å². The highest BCUT2D eigenvalue weighted by atomic mass is 16.3. The van der Waals surface area contributed by atoms with Crippen LogP contribution in [0.25, 0.3) is 5.69 Å². The molecule has 32 heavy (non-hydrogen) atoms. The zero-order chi connectivity index (χ0) is 23.4. The van der Waals surface area contributed by atoms with Crippen LogP contribution in [0.15, 0.2) is 65.5 Å². The van der Waals surface area contributed by atoms with Crippen LogP contribution in [0.4, 0.5) is 0 Å². The Kier molecular flexibility index (Phi) is 7.72. The summed E-state index contributed by atoms with van der Waals surface area (Å²) in [6, 6.07) is 19.1. The first-order valence-electron chi connectivity index (χ1n) is 11.3. The minimum Gasteiger partial charge on any atom is -0.390 e. The maximum Gasteiger partial charge on any atom is 0.277 e. The van der Waals surface area contributed by atoms with E-state index in [0.29, 0.717) is 41.1 Å². The molecule has 2 atom stereocenters. The Morgan fingerprint density at radius 2 is 1.41 bits per heavy atom. The predicted molar refractivity (Wildman–Crippen MR) is 128 cm³/mol. The molecule has 3 rings (SSSR count). The molecule has 0 aliphatic rings. The number of benzene rings is 2. The van der Waals surface area contributed by atoms with Crippen molar-refractivity contribution in [3.8, 4) is 5.69 Å². The Labute approximate surface area is 190 Å². The third-order valence-corrected chi connectivity index (χ3v) is 5.96. The van der Waals surface area contributed by atoms with Crippen LogP contribution in [-0.4, -0.2) is 49.2 Å². The van der Waals surface area contributed by atoms with Gasteiger partial charge in [-0.25, -0.2) is 4.68 Å². The standard InChI is InChI=1S/C26H35N3O3/c1-18(2)27(19(3)4)16-23(30)17-28-20(5)24(25(31)21-12-8-6-9-13-21)26(32)29(28)22-14-10-7-11-15-22/h6-15,18-19,23,25,30-31H,16-17H2,1-5H3/t23-,25-/m1/s1. The first kappa shape index (κ1) is 24.0. The quantitative estimate of drug-likeness (QED) is 0.537. The molecule has 0 aliphatic heterocycles. The summed E-state index contributed by atoms with van der Waals surface area (Å²) in [5.74, 6) is 0. The second-order valence-corrected chi connectivity index (χ2v) is 8.89. The van der Waals surface area contributed by atoms with Gasteiger partial charge in [0.15, 0.2) is 0 Å². The Morgan fingerprint density at radius 3 is 1.94 bits per heavy atom. The molecular formula is C26H35N3O3. The fourth-order valence-corrected chi connectivity index (χ4v) is 4.35. The fourth-order valence-electron chi connectivity index (χ4n) is 4.35. The van der Waals surface area contributed by atoms with Gasteiger partial charge in [0.25, 0.3) is 5.56 Å². The van der Waals surface area contributed by atoms with E-state index in [0.717, 1.165) is 0 Å². The van der Waals surface area contributed by atoms with Crippen molar-refractivity contribution in [1.82, 2.24) is 14.3 Å². The van der Waals surface area contributed by atoms with E-state index in [4.69, 9.17) is 0 Å². The molecule has 2 aromatic carbocycles. The van der Waals surface area contributed by atoms with Crippen LogP contribution >= 0.6 is 0 Å². The molecule has 0 saturated heterocycles. The van der Waals surface area contributed by atoms with E-state index in [-0.39, 0.29) is 12.1 Å². The topological polar surface area (TPSA) is 70.6 Å². The van der Waals surface area contributed by atoms with Crippen LogP contribution in [0, 0.1) is 6.92 Å². The molecule has 6 nitrogen and oxygen atoms in total. The van der Waals surface area contributed by atoms with Crippen molar-refractivity contribution in [1.29, 1.82) is 0 Å². The lowest BCUT2D eigenvalue weighted by Crippen LogP contribution is -2.43. The number of aliphatic hydroxyl groups excluding tert-OH is 2. The Bertz CT molecular complexity index is 1050. The minimum absolute atomic E-state index is 0.243. The van der Waals surface area contributed by atoms with Crippen molar-refractivity contribution in [2.24, 2.45) is 0 Å². The first-order valence-corrected chi connectivity index (χ1v) is 11.3. The van der Waals surface area contributed by atoms with E-state index < -0.39 is 12.2 Å². The number of para-hydroxylation sites is 1. The van der Waals surface area contributed by atoms with Gasteiger partial charge in [-0.15, -0.1) is 0 Å². The number of hydrogen-bond donors (Lipinski definition) is 2. The zero-order valence-electron chi connectivity index (χ0n) is 19.6. The normalized spacial score (nSPS) is 13.8. The second-order valence-electron chi connectivity index (χ2n) is 8.89. The molecule has 0 radical (unpaired) electrons. The molecule has 1 aromatic heterocycles. The van der Waals surface area contributed by atoms with E-state index in [9.17, 15) is 15.0 Å². The van der Waals surface area contributed by atoms with Crippen LogP contribution in [-0.2, 0) is 6.54 Å². The molecule has 1 heterocycles. The molecule has 0 saturated carbocycles. The summed E-state index contributed by atoms with van der Waals surface area (Å²) in [5, 5.41) is 22.0. The van der Waals surface area contributed by atoms with Gasteiger partial charge in [0, 0.05) is 24.3 Å². The van der Waals surface area contributed by atoms with E-state index in [1.807, 2.05) is 67.6 Å². The summed E-state index contributed by atoms with van der Waals surface area (Å²) in [5.41, 5.74) is 2.06. The molecule has 172 valence electrons. The number of rotatable bonds is 9. The Balaban J connectivity index is 2.05. The van der Waals surface area contributed by atoms with Crippen LogP contribution < -0.4 is 5.56 Å². The lowest BCUT2D eigenvalue weighted by atomic mass is 10.0. The number of nitrogens with zero attached hydrogens (tertiary/aromatic N) is 3. The maximum absolute atomic E-state index is 13.5. The Hall–Kier alpha value is -2.67. The van der Waals surface area contributed by atoms with Crippen LogP contribution in [0.2, 0.25) is 0 Å². The maximum atomic E-state index is 13.5. The van der Waals surface area contributed by atoms with Crippen molar-refractivity contribution in [3.05, 3.63) is 87.8 Å². The van der Waals surface area contributed by atoms with Crippen LogP contribution in [0.3, 0.4) is 0 Å². The summed E-state index contributed by atoms with van der Waals surface area (Å²) < 4.78 is 3.36. The van der Waals surface area contributed by atoms with Gasteiger partial charge in [0.1, 0.15) is 6.10 Å². The van der Waals surface area contributed by atoms with E-state index >= 15 is 0 Å². The smallest absolute Gasteiger partial charge is 0.277 e. The van der Waals surface area contributed by atoms with Gasteiger partial charge in [-0.3, -0.25) is 14.4 Å². The number of aliphatic hydroxyl groups is 2. The highest BCUT2D eigenvalue weighted by Gasteiger charge is 2.27. The zero-order valence-corrected chi connectivity index (χ0v) is 19.6. The number of aromatic nitrogens is 2. The molecule has 0 aliphatic carbocycles. The average molecular weight is 438 g/mol. The summed E-state index contributed by atoms with van der Waals surface area (Å²) in [6.07, 6.45) is -1.72. The van der Waals surface area contributed by atoms with Gasteiger partial charge >= 0.3 is 0 Å². The highest BCUT2D eigenvalue weighted by molar-refractivity contribution is 5.37. The first-order chi connectivity index (χ1) is 15.2. The monoisotopic (exact) mass is 437 g/mol. The Morgan fingerprint density at radius 1 is 0.875 bits per heavy atom. The van der Waals surface area contributed by atoms with E-state index in [2.05, 4.69) is 32.6 Å². The molecule has 0 bridgehead atoms. The van der Waals surface area contributed by atoms with Crippen molar-refractivity contribution in [2.75, 3.05) is 6.54 Å². The minimum atomic E-state index is -1.04. The lowest BCUT2D eigenvalue weighted by molar-refractivity contribution is 0.0614. The molecule has 2 N–H and O–H groups in total. The molecule has 0 unspecified atom stereocenters. The van der Waals surface area contributed by atoms with E-state index in [1.54, 1.807) is 9.36 Å². The molecular weight excluding hydrogens is 402 g/mol. The molecule has 0 spiro atoms. The summed E-state index contributed by atoms with van der Waals surface area (Å²) in [6.45, 7) is 11.0. The van der Waals surface area contributed by atoms with Gasteiger partial charge in [-0.2, -0.15) is 0 Å². The highest BCUT2D eigenvalue weighted by Crippen LogP contribution is 2.24. The fraction of sp³-hybridized carbons (Fsp3) is 0.423. The molecule has 3 aromatic rings. The van der Waals surface area contributed by atoms with Gasteiger partial charge < -0.3 is 10.2 Å². The van der Waals surface area contributed by atoms with Gasteiger partial charge in [-0.1, -0.05) is 48.5 Å². The molecule has 0 fully saturated rings. The summed E-state index contributed by atoms with van der Waals surface area (Å²) in [4.78, 5) is 15.8. The second kappa shape index (κ2) is 10.3. The molecule has 6 heteroatoms. The van der Waals surface area contributed by atoms with E-state index in [1.165, 1.54) is 0 Å². The SMILES string of the molecule is Cc1c([C@H](O)c2ccccc2)c(=O)n(-c2ccccc2)n1C[C@H](O)CN(C(C)C)C(C)C. The average Bonchev–Trinajstić information content (AvgIpc) is 3.01. The van der Waals surface area contributed by atoms with Gasteiger partial charge in [0.2, 0.25) is 0 Å². The van der Waals surface area contributed by atoms with Crippen molar-refractivity contribution < 1.29 is 10.2 Å². The van der Waals surface area contributed by atoms with Crippen molar-refractivity contribution in [2.45, 2.75) is 65.5 Å². The summed E-state index contributed by atoms with van der Waals surface area (Å²) in [7, 11) is 0. The number of hydrogen-bond acceptors (Lipinski definition) is 4. The van der Waals surface area contributed by atoms with Gasteiger partial charge in [0.05, 0.1) is 23.9 Å². The largest absolute Gasteiger partial charge is 0.390 e.